The number of nitrogens with zero attached hydrogens (tertiary/aromatic N) is 1. The highest BCUT2D eigenvalue weighted by atomic mass is 16.5. The Labute approximate surface area is 74.9 Å². The first kappa shape index (κ1) is 9.53. The molecule has 6 heteroatoms. The number of rotatable bonds is 3. The number of carbonyl (C=O) groups is 1. The Morgan fingerprint density at radius 3 is 3.15 bits per heavy atom. The lowest BCUT2D eigenvalue weighted by atomic mass is 10.4. The van der Waals surface area contributed by atoms with Gasteiger partial charge >= 0.3 is 6.03 Å². The summed E-state index contributed by atoms with van der Waals surface area (Å²) in [6, 6.07) is 1.08. The van der Waals surface area contributed by atoms with Crippen molar-refractivity contribution in [1.82, 2.24) is 10.5 Å². The van der Waals surface area contributed by atoms with E-state index < -0.39 is 12.1 Å². The summed E-state index contributed by atoms with van der Waals surface area (Å²) >= 11 is 0. The predicted molar refractivity (Wildman–Crippen MR) is 45.2 cm³/mol. The second kappa shape index (κ2) is 4.46. The Balaban J connectivity index is 2.26. The lowest BCUT2D eigenvalue weighted by molar-refractivity contribution is 0.190. The van der Waals surface area contributed by atoms with Crippen LogP contribution in [0.5, 0.6) is 0 Å². The van der Waals surface area contributed by atoms with Gasteiger partial charge in [0.1, 0.15) is 0 Å². The summed E-state index contributed by atoms with van der Waals surface area (Å²) in [5, 5.41) is 17.1. The summed E-state index contributed by atoms with van der Waals surface area (Å²) < 4.78 is 4.63. The first-order chi connectivity index (χ1) is 6.18. The van der Waals surface area contributed by atoms with E-state index >= 15 is 0 Å². The van der Waals surface area contributed by atoms with Gasteiger partial charge < -0.3 is 14.9 Å². The van der Waals surface area contributed by atoms with Crippen molar-refractivity contribution in [1.29, 1.82) is 0 Å². The van der Waals surface area contributed by atoms with Crippen LogP contribution in [0.25, 0.3) is 0 Å². The van der Waals surface area contributed by atoms with Crippen LogP contribution in [0.4, 0.5) is 10.7 Å². The second-order valence-electron chi connectivity index (χ2n) is 2.56. The van der Waals surface area contributed by atoms with Gasteiger partial charge in [-0.15, -0.1) is 0 Å². The van der Waals surface area contributed by atoms with Crippen molar-refractivity contribution in [2.24, 2.45) is 0 Å². The van der Waals surface area contributed by atoms with Crippen molar-refractivity contribution in [2.75, 3.05) is 11.9 Å². The third-order valence-electron chi connectivity index (χ3n) is 1.23. The Kier molecular flexibility index (Phi) is 3.27. The first-order valence-corrected chi connectivity index (χ1v) is 3.82. The molecule has 13 heavy (non-hydrogen) atoms. The SMILES string of the molecule is CC(O)CNC(=O)Nc1ccno1. The van der Waals surface area contributed by atoms with Gasteiger partial charge in [-0.3, -0.25) is 5.32 Å². The molecule has 6 nitrogen and oxygen atoms in total. The fraction of sp³-hybridized carbons (Fsp3) is 0.429. The lowest BCUT2D eigenvalue weighted by Crippen LogP contribution is -2.33. The molecule has 1 aromatic heterocycles. The Morgan fingerprint density at radius 2 is 2.62 bits per heavy atom. The van der Waals surface area contributed by atoms with Gasteiger partial charge in [-0.25, -0.2) is 4.79 Å². The summed E-state index contributed by atoms with van der Waals surface area (Å²) in [4.78, 5) is 11.0. The van der Waals surface area contributed by atoms with E-state index in [1.807, 2.05) is 0 Å². The molecule has 1 heterocycles. The van der Waals surface area contributed by atoms with Crippen LogP contribution in [0.2, 0.25) is 0 Å². The highest BCUT2D eigenvalue weighted by Gasteiger charge is 2.04. The maximum Gasteiger partial charge on any atom is 0.321 e. The van der Waals surface area contributed by atoms with Gasteiger partial charge in [0, 0.05) is 12.6 Å². The number of aromatic nitrogens is 1. The summed E-state index contributed by atoms with van der Waals surface area (Å²) in [6.45, 7) is 1.77. The van der Waals surface area contributed by atoms with Crippen molar-refractivity contribution in [3.8, 4) is 0 Å². The zero-order valence-electron chi connectivity index (χ0n) is 7.15. The highest BCUT2D eigenvalue weighted by Crippen LogP contribution is 2.02. The number of hydrogen-bond acceptors (Lipinski definition) is 4. The molecule has 1 atom stereocenters. The zero-order chi connectivity index (χ0) is 9.68. The van der Waals surface area contributed by atoms with Crippen LogP contribution in [0.3, 0.4) is 0 Å². The summed E-state index contributed by atoms with van der Waals surface area (Å²) in [6.07, 6.45) is 0.852. The van der Waals surface area contributed by atoms with Crippen molar-refractivity contribution in [2.45, 2.75) is 13.0 Å². The van der Waals surface area contributed by atoms with Crippen LogP contribution in [0, 0.1) is 0 Å². The molecular weight excluding hydrogens is 174 g/mol. The molecule has 0 fully saturated rings. The second-order valence-corrected chi connectivity index (χ2v) is 2.56. The van der Waals surface area contributed by atoms with E-state index in [0.717, 1.165) is 0 Å². The number of aliphatic hydroxyl groups excluding tert-OH is 1. The van der Waals surface area contributed by atoms with Crippen LogP contribution in [-0.4, -0.2) is 28.9 Å². The third-order valence-corrected chi connectivity index (χ3v) is 1.23. The normalized spacial score (nSPS) is 12.2. The molecular formula is C7H11N3O3. The van der Waals surface area contributed by atoms with E-state index in [2.05, 4.69) is 20.3 Å². The molecule has 0 radical (unpaired) electrons. The first-order valence-electron chi connectivity index (χ1n) is 3.82. The molecule has 0 aliphatic rings. The maximum atomic E-state index is 11.0. The van der Waals surface area contributed by atoms with E-state index in [9.17, 15) is 4.79 Å². The van der Waals surface area contributed by atoms with Gasteiger partial charge in [-0.2, -0.15) is 0 Å². The monoisotopic (exact) mass is 185 g/mol. The largest absolute Gasteiger partial charge is 0.392 e. The number of nitrogens with one attached hydrogen (secondary N) is 2. The van der Waals surface area contributed by atoms with Gasteiger partial charge in [-0.05, 0) is 6.92 Å². The van der Waals surface area contributed by atoms with E-state index in [4.69, 9.17) is 5.11 Å². The van der Waals surface area contributed by atoms with E-state index in [0.29, 0.717) is 0 Å². The van der Waals surface area contributed by atoms with Crippen molar-refractivity contribution in [3.63, 3.8) is 0 Å². The molecule has 0 spiro atoms. The Morgan fingerprint density at radius 1 is 1.85 bits per heavy atom. The van der Waals surface area contributed by atoms with Crippen LogP contribution in [-0.2, 0) is 0 Å². The standard InChI is InChI=1S/C7H11N3O3/c1-5(11)4-8-7(12)10-6-2-3-9-13-6/h2-3,5,11H,4H2,1H3,(H2,8,10,12). The van der Waals surface area contributed by atoms with Crippen LogP contribution in [0.1, 0.15) is 6.92 Å². The van der Waals surface area contributed by atoms with Gasteiger partial charge in [0.15, 0.2) is 0 Å². The average molecular weight is 185 g/mol. The quantitative estimate of drug-likeness (QED) is 0.626. The number of carbonyl (C=O) groups excluding carboxylic acids is 1. The maximum absolute atomic E-state index is 11.0. The topological polar surface area (TPSA) is 87.4 Å². The fourth-order valence-corrected chi connectivity index (χ4v) is 0.677. The third kappa shape index (κ3) is 3.57. The van der Waals surface area contributed by atoms with Crippen LogP contribution >= 0.6 is 0 Å². The van der Waals surface area contributed by atoms with Gasteiger partial charge in [0.2, 0.25) is 5.88 Å². The molecule has 1 aromatic rings. The number of aliphatic hydroxyl groups is 1. The van der Waals surface area contributed by atoms with Crippen molar-refractivity contribution < 1.29 is 14.4 Å². The van der Waals surface area contributed by atoms with Gasteiger partial charge in [-0.1, -0.05) is 5.16 Å². The molecule has 0 saturated carbocycles. The minimum atomic E-state index is -0.569. The van der Waals surface area contributed by atoms with E-state index in [-0.39, 0.29) is 12.4 Å². The molecule has 2 amide bonds. The molecule has 0 bridgehead atoms. The van der Waals surface area contributed by atoms with Gasteiger partial charge in [0.05, 0.1) is 12.3 Å². The van der Waals surface area contributed by atoms with Crippen LogP contribution in [0.15, 0.2) is 16.8 Å². The number of amides is 2. The Bertz CT molecular complexity index is 258. The number of anilines is 1. The number of urea groups is 1. The van der Waals surface area contributed by atoms with E-state index in [1.54, 1.807) is 6.92 Å². The summed E-state index contributed by atoms with van der Waals surface area (Å²) in [5.74, 6) is 0.267. The summed E-state index contributed by atoms with van der Waals surface area (Å²) in [5.41, 5.74) is 0. The van der Waals surface area contributed by atoms with E-state index in [1.165, 1.54) is 12.3 Å². The molecule has 0 saturated heterocycles. The Hall–Kier alpha value is -1.56. The number of hydrogen-bond donors (Lipinski definition) is 3. The highest BCUT2D eigenvalue weighted by molar-refractivity contribution is 5.87. The minimum absolute atomic E-state index is 0.194. The molecule has 0 aliphatic heterocycles. The molecule has 0 aliphatic carbocycles. The van der Waals surface area contributed by atoms with Crippen molar-refractivity contribution >= 4 is 11.9 Å². The predicted octanol–water partition coefficient (Wildman–Crippen LogP) is 0.177. The van der Waals surface area contributed by atoms with Crippen LogP contribution < -0.4 is 10.6 Å². The minimum Gasteiger partial charge on any atom is -0.392 e. The van der Waals surface area contributed by atoms with Crippen molar-refractivity contribution in [3.05, 3.63) is 12.3 Å². The van der Waals surface area contributed by atoms with Gasteiger partial charge in [0.25, 0.3) is 0 Å². The zero-order valence-corrected chi connectivity index (χ0v) is 7.15. The lowest BCUT2D eigenvalue weighted by Gasteiger charge is -2.06. The molecule has 72 valence electrons. The average Bonchev–Trinajstić information content (AvgIpc) is 2.53. The molecule has 1 rings (SSSR count). The summed E-state index contributed by atoms with van der Waals surface area (Å²) in [7, 11) is 0. The molecule has 3 N–H and O–H groups in total. The fourth-order valence-electron chi connectivity index (χ4n) is 0.677. The smallest absolute Gasteiger partial charge is 0.321 e. The molecule has 1 unspecified atom stereocenters. The molecule has 0 aromatic carbocycles.